The highest BCUT2D eigenvalue weighted by molar-refractivity contribution is 7.92. The third kappa shape index (κ3) is 5.89. The number of furan rings is 1. The van der Waals surface area contributed by atoms with Gasteiger partial charge in [0.25, 0.3) is 5.91 Å². The molecule has 3 aromatic heterocycles. The van der Waals surface area contributed by atoms with E-state index in [0.29, 0.717) is 44.8 Å². The first kappa shape index (κ1) is 30.0. The van der Waals surface area contributed by atoms with Gasteiger partial charge in [0, 0.05) is 41.4 Å². The number of rotatable bonds is 8. The monoisotopic (exact) mass is 628 g/mol. The molecular weight excluding hydrogens is 599 g/mol. The number of carbonyl (C=O) groups excluding carboxylic acids is 1. The number of oxazole rings is 1. The van der Waals surface area contributed by atoms with E-state index in [9.17, 15) is 22.7 Å². The number of hydrogen-bond acceptors (Lipinski definition) is 8. The van der Waals surface area contributed by atoms with E-state index in [4.69, 9.17) is 8.83 Å². The van der Waals surface area contributed by atoms with Gasteiger partial charge in [0.2, 0.25) is 15.9 Å². The third-order valence-corrected chi connectivity index (χ3v) is 8.28. The van der Waals surface area contributed by atoms with E-state index >= 15 is 0 Å². The van der Waals surface area contributed by atoms with Crippen molar-refractivity contribution in [2.24, 2.45) is 0 Å². The van der Waals surface area contributed by atoms with Gasteiger partial charge < -0.3 is 19.3 Å². The first-order valence-electron chi connectivity index (χ1n) is 13.9. The normalized spacial score (nSPS) is 12.1. The van der Waals surface area contributed by atoms with E-state index in [1.165, 1.54) is 51.2 Å². The molecule has 0 saturated heterocycles. The number of fused-ring (bicyclic) bond motifs is 2. The number of pyridine rings is 1. The minimum atomic E-state index is -3.94. The number of sulfonamides is 1. The second kappa shape index (κ2) is 11.1. The largest absolute Gasteiger partial charge is 0.455 e. The van der Waals surface area contributed by atoms with Crippen LogP contribution in [0, 0.1) is 5.82 Å². The second-order valence-electron chi connectivity index (χ2n) is 11.3. The van der Waals surface area contributed by atoms with Crippen LogP contribution < -0.4 is 9.62 Å². The van der Waals surface area contributed by atoms with Crippen LogP contribution in [-0.2, 0) is 10.0 Å². The number of carbonyl (C=O) groups is 1. The van der Waals surface area contributed by atoms with Gasteiger partial charge in [0.15, 0.2) is 11.2 Å². The predicted octanol–water partition coefficient (Wildman–Crippen LogP) is 6.01. The van der Waals surface area contributed by atoms with Gasteiger partial charge in [-0.05, 0) is 74.0 Å². The Morgan fingerprint density at radius 2 is 1.71 bits per heavy atom. The molecular formula is C33H29FN4O6S. The lowest BCUT2D eigenvalue weighted by atomic mass is 9.97. The fraction of sp³-hybridized carbons (Fsp3) is 0.182. The van der Waals surface area contributed by atoms with Crippen molar-refractivity contribution in [2.75, 3.05) is 24.2 Å². The number of hydrogen-bond donors (Lipinski definition) is 2. The van der Waals surface area contributed by atoms with E-state index in [1.807, 2.05) is 0 Å². The predicted molar refractivity (Wildman–Crippen MR) is 170 cm³/mol. The lowest BCUT2D eigenvalue weighted by Gasteiger charge is -2.30. The Hall–Kier alpha value is -5.07. The van der Waals surface area contributed by atoms with E-state index < -0.39 is 27.3 Å². The first-order valence-corrected chi connectivity index (χ1v) is 15.8. The molecule has 45 heavy (non-hydrogen) atoms. The smallest absolute Gasteiger partial charge is 0.255 e. The summed E-state index contributed by atoms with van der Waals surface area (Å²) in [6, 6.07) is 19.4. The maximum absolute atomic E-state index is 13.8. The molecule has 2 N–H and O–H groups in total. The van der Waals surface area contributed by atoms with Gasteiger partial charge in [-0.25, -0.2) is 17.8 Å². The molecule has 3 heterocycles. The number of aliphatic hydroxyl groups is 1. The highest BCUT2D eigenvalue weighted by Crippen LogP contribution is 2.42. The van der Waals surface area contributed by atoms with Crippen molar-refractivity contribution in [3.63, 3.8) is 0 Å². The van der Waals surface area contributed by atoms with Crippen LogP contribution in [0.25, 0.3) is 56.1 Å². The van der Waals surface area contributed by atoms with E-state index in [-0.39, 0.29) is 29.1 Å². The SMILES string of the molecule is CNC(=O)c1c(-c2ccc(F)cc2)oc2cc(N(CC(C)(C)O)S(C)(=O)=O)c(-c3cccc(-c4nc5ncccc5o4)c3)cc12. The highest BCUT2D eigenvalue weighted by Gasteiger charge is 2.30. The van der Waals surface area contributed by atoms with Crippen LogP contribution in [0.5, 0.6) is 0 Å². The summed E-state index contributed by atoms with van der Waals surface area (Å²) in [5.74, 6) is -0.395. The van der Waals surface area contributed by atoms with E-state index in [0.717, 1.165) is 10.6 Å². The highest BCUT2D eigenvalue weighted by atomic mass is 32.2. The van der Waals surface area contributed by atoms with Gasteiger partial charge in [-0.15, -0.1) is 0 Å². The van der Waals surface area contributed by atoms with E-state index in [2.05, 4.69) is 15.3 Å². The average molecular weight is 629 g/mol. The molecule has 0 aliphatic heterocycles. The number of aromatic nitrogens is 2. The van der Waals surface area contributed by atoms with Crippen molar-refractivity contribution < 1.29 is 31.5 Å². The number of nitrogens with one attached hydrogen (secondary N) is 1. The van der Waals surface area contributed by atoms with Crippen molar-refractivity contribution in [1.29, 1.82) is 0 Å². The fourth-order valence-electron chi connectivity index (χ4n) is 5.17. The number of nitrogens with zero attached hydrogens (tertiary/aromatic N) is 3. The van der Waals surface area contributed by atoms with Gasteiger partial charge in [-0.2, -0.15) is 4.98 Å². The van der Waals surface area contributed by atoms with Gasteiger partial charge in [-0.1, -0.05) is 12.1 Å². The summed E-state index contributed by atoms with van der Waals surface area (Å²) in [7, 11) is -2.46. The second-order valence-corrected chi connectivity index (χ2v) is 13.2. The van der Waals surface area contributed by atoms with Crippen LogP contribution >= 0.6 is 0 Å². The van der Waals surface area contributed by atoms with Crippen molar-refractivity contribution >= 4 is 43.8 Å². The Bertz CT molecular complexity index is 2150. The molecule has 230 valence electrons. The summed E-state index contributed by atoms with van der Waals surface area (Å²) in [5.41, 5.74) is 2.25. The van der Waals surface area contributed by atoms with Crippen LogP contribution in [0.1, 0.15) is 24.2 Å². The zero-order chi connectivity index (χ0) is 32.1. The third-order valence-electron chi connectivity index (χ3n) is 7.15. The minimum absolute atomic E-state index is 0.188. The zero-order valence-electron chi connectivity index (χ0n) is 24.8. The van der Waals surface area contributed by atoms with Crippen LogP contribution in [0.2, 0.25) is 0 Å². The topological polar surface area (TPSA) is 139 Å². The van der Waals surface area contributed by atoms with Crippen LogP contribution in [0.4, 0.5) is 10.1 Å². The molecule has 0 spiro atoms. The molecule has 12 heteroatoms. The molecule has 0 unspecified atom stereocenters. The van der Waals surface area contributed by atoms with Crippen LogP contribution in [-0.4, -0.2) is 54.8 Å². The van der Waals surface area contributed by atoms with E-state index in [1.54, 1.807) is 48.7 Å². The Labute approximate surface area is 258 Å². The number of halogens is 1. The molecule has 0 aliphatic rings. The maximum Gasteiger partial charge on any atom is 0.255 e. The molecule has 0 bridgehead atoms. The molecule has 6 rings (SSSR count). The van der Waals surface area contributed by atoms with Gasteiger partial charge >= 0.3 is 0 Å². The molecule has 6 aromatic rings. The number of benzene rings is 3. The molecule has 1 amide bonds. The summed E-state index contributed by atoms with van der Waals surface area (Å²) in [6.45, 7) is 2.75. The van der Waals surface area contributed by atoms with Crippen LogP contribution in [0.15, 0.2) is 87.8 Å². The summed E-state index contributed by atoms with van der Waals surface area (Å²) in [4.78, 5) is 22.0. The number of anilines is 1. The fourth-order valence-corrected chi connectivity index (χ4v) is 6.23. The Morgan fingerprint density at radius 1 is 0.978 bits per heavy atom. The summed E-state index contributed by atoms with van der Waals surface area (Å²) >= 11 is 0. The average Bonchev–Trinajstić information content (AvgIpc) is 3.60. The molecule has 0 radical (unpaired) electrons. The van der Waals surface area contributed by atoms with Crippen molar-refractivity contribution in [3.05, 3.63) is 90.4 Å². The molecule has 0 aliphatic carbocycles. The maximum atomic E-state index is 13.8. The Kier molecular flexibility index (Phi) is 7.42. The number of amides is 1. The minimum Gasteiger partial charge on any atom is -0.455 e. The summed E-state index contributed by atoms with van der Waals surface area (Å²) in [5, 5.41) is 13.8. The Balaban J connectivity index is 1.64. The summed E-state index contributed by atoms with van der Waals surface area (Å²) < 4.78 is 53.5. The van der Waals surface area contributed by atoms with Crippen molar-refractivity contribution in [2.45, 2.75) is 19.4 Å². The van der Waals surface area contributed by atoms with Crippen LogP contribution in [0.3, 0.4) is 0 Å². The standard InChI is InChI=1S/C33H29FN4O6S/c1-33(2,40)18-38(45(4,41)42)25-17-27-24(28(31(39)35-3)29(43-27)19-10-12-22(34)13-11-19)16-23(25)20-7-5-8-21(15-20)32-37-30-26(44-32)9-6-14-36-30/h5-17,40H,18H2,1-4H3,(H,35,39). The molecule has 0 fully saturated rings. The zero-order valence-corrected chi connectivity index (χ0v) is 25.6. The van der Waals surface area contributed by atoms with Crippen molar-refractivity contribution in [3.8, 4) is 33.9 Å². The quantitative estimate of drug-likeness (QED) is 0.209. The van der Waals surface area contributed by atoms with Gasteiger partial charge in [0.05, 0.1) is 29.7 Å². The molecule has 3 aromatic carbocycles. The van der Waals surface area contributed by atoms with Gasteiger partial charge in [-0.3, -0.25) is 9.10 Å². The van der Waals surface area contributed by atoms with Gasteiger partial charge in [0.1, 0.15) is 17.2 Å². The molecule has 10 nitrogen and oxygen atoms in total. The Morgan fingerprint density at radius 3 is 2.38 bits per heavy atom. The lowest BCUT2D eigenvalue weighted by molar-refractivity contribution is 0.0909. The first-order chi connectivity index (χ1) is 21.3. The summed E-state index contributed by atoms with van der Waals surface area (Å²) in [6.07, 6.45) is 2.67. The molecule has 0 atom stereocenters. The van der Waals surface area contributed by atoms with Crippen molar-refractivity contribution in [1.82, 2.24) is 15.3 Å². The lowest BCUT2D eigenvalue weighted by Crippen LogP contribution is -2.42. The molecule has 0 saturated carbocycles.